The maximum atomic E-state index is 13.4. The smallest absolute Gasteiger partial charge is 0.126 e. The number of hydrogen-bond donors (Lipinski definition) is 2. The molecule has 2 rings (SSSR count). The van der Waals surface area contributed by atoms with E-state index < -0.39 is 17.0 Å². The second kappa shape index (κ2) is 6.28. The molecule has 0 amide bonds. The van der Waals surface area contributed by atoms with Gasteiger partial charge in [0.25, 0.3) is 0 Å². The van der Waals surface area contributed by atoms with Gasteiger partial charge in [-0.3, -0.25) is 0 Å². The van der Waals surface area contributed by atoms with Gasteiger partial charge in [0.15, 0.2) is 0 Å². The summed E-state index contributed by atoms with van der Waals surface area (Å²) in [6, 6.07) is 8.79. The lowest BCUT2D eigenvalue weighted by molar-refractivity contribution is 0.195. The zero-order valence-electron chi connectivity index (χ0n) is 11.3. The van der Waals surface area contributed by atoms with Gasteiger partial charge in [-0.1, -0.05) is 12.1 Å². The van der Waals surface area contributed by atoms with Crippen molar-refractivity contribution in [2.75, 3.05) is 13.2 Å². The Kier molecular flexibility index (Phi) is 4.65. The van der Waals surface area contributed by atoms with Crippen LogP contribution in [-0.2, 0) is 11.8 Å². The van der Waals surface area contributed by atoms with Gasteiger partial charge in [0.05, 0.1) is 6.61 Å². The van der Waals surface area contributed by atoms with Crippen LogP contribution in [0.1, 0.15) is 11.1 Å². The van der Waals surface area contributed by atoms with Gasteiger partial charge in [0.1, 0.15) is 17.5 Å². The van der Waals surface area contributed by atoms with Gasteiger partial charge in [0, 0.05) is 18.0 Å². The second-order valence-electron chi connectivity index (χ2n) is 5.10. The van der Waals surface area contributed by atoms with Gasteiger partial charge in [-0.2, -0.15) is 0 Å². The van der Waals surface area contributed by atoms with Crippen LogP contribution in [-0.4, -0.2) is 18.3 Å². The molecule has 112 valence electrons. The van der Waals surface area contributed by atoms with Crippen LogP contribution in [0.15, 0.2) is 42.5 Å². The van der Waals surface area contributed by atoms with Crippen molar-refractivity contribution in [3.63, 3.8) is 0 Å². The highest BCUT2D eigenvalue weighted by molar-refractivity contribution is 5.31. The van der Waals surface area contributed by atoms with E-state index in [1.54, 1.807) is 12.1 Å². The van der Waals surface area contributed by atoms with E-state index in [-0.39, 0.29) is 31.0 Å². The van der Waals surface area contributed by atoms with Crippen LogP contribution in [0.25, 0.3) is 0 Å². The predicted molar refractivity (Wildman–Crippen MR) is 74.3 cm³/mol. The van der Waals surface area contributed by atoms with E-state index in [1.807, 2.05) is 0 Å². The molecule has 2 nitrogen and oxygen atoms in total. The molecule has 0 aliphatic carbocycles. The Bertz CT molecular complexity index is 589. The number of rotatable bonds is 5. The molecule has 0 spiro atoms. The van der Waals surface area contributed by atoms with Crippen LogP contribution in [0.2, 0.25) is 0 Å². The normalized spacial score (nSPS) is 14.0. The number of halogens is 3. The molecule has 0 heterocycles. The first-order valence-corrected chi connectivity index (χ1v) is 6.51. The van der Waals surface area contributed by atoms with Gasteiger partial charge in [0.2, 0.25) is 0 Å². The van der Waals surface area contributed by atoms with Gasteiger partial charge in [-0.05, 0) is 41.8 Å². The summed E-state index contributed by atoms with van der Waals surface area (Å²) in [5, 5.41) is 9.73. The molecule has 2 aromatic rings. The van der Waals surface area contributed by atoms with Crippen molar-refractivity contribution < 1.29 is 18.3 Å². The number of aliphatic hydroxyl groups is 1. The summed E-state index contributed by atoms with van der Waals surface area (Å²) in [5.41, 5.74) is 5.75. The Morgan fingerprint density at radius 1 is 0.905 bits per heavy atom. The number of benzene rings is 2. The molecule has 1 unspecified atom stereocenters. The van der Waals surface area contributed by atoms with Gasteiger partial charge in [-0.15, -0.1) is 0 Å². The standard InChI is InChI=1S/C16H16F3NO/c17-13-3-1-11(2-4-13)8-16(9-20,10-21)12-5-14(18)7-15(19)6-12/h1-7,21H,8-10,20H2. The Balaban J connectivity index is 2.41. The summed E-state index contributed by atoms with van der Waals surface area (Å²) >= 11 is 0. The Morgan fingerprint density at radius 3 is 1.95 bits per heavy atom. The third kappa shape index (κ3) is 3.43. The summed E-state index contributed by atoms with van der Waals surface area (Å²) in [4.78, 5) is 0. The Labute approximate surface area is 121 Å². The van der Waals surface area contributed by atoms with E-state index in [9.17, 15) is 18.3 Å². The largest absolute Gasteiger partial charge is 0.395 e. The molecule has 0 radical (unpaired) electrons. The number of aliphatic hydroxyl groups excluding tert-OH is 1. The third-order valence-electron chi connectivity index (χ3n) is 3.62. The lowest BCUT2D eigenvalue weighted by Crippen LogP contribution is -2.41. The molecule has 21 heavy (non-hydrogen) atoms. The van der Waals surface area contributed by atoms with Gasteiger partial charge >= 0.3 is 0 Å². The van der Waals surface area contributed by atoms with Crippen LogP contribution < -0.4 is 5.73 Å². The van der Waals surface area contributed by atoms with Crippen LogP contribution >= 0.6 is 0 Å². The maximum Gasteiger partial charge on any atom is 0.126 e. The van der Waals surface area contributed by atoms with Crippen molar-refractivity contribution in [3.8, 4) is 0 Å². The summed E-state index contributed by atoms with van der Waals surface area (Å²) in [6.45, 7) is -0.368. The Hall–Kier alpha value is -1.85. The van der Waals surface area contributed by atoms with Crippen molar-refractivity contribution in [1.29, 1.82) is 0 Å². The lowest BCUT2D eigenvalue weighted by atomic mass is 9.76. The average molecular weight is 295 g/mol. The second-order valence-corrected chi connectivity index (χ2v) is 5.10. The fraction of sp³-hybridized carbons (Fsp3) is 0.250. The summed E-state index contributed by atoms with van der Waals surface area (Å²) in [5.74, 6) is -1.83. The quantitative estimate of drug-likeness (QED) is 0.890. The third-order valence-corrected chi connectivity index (χ3v) is 3.62. The van der Waals surface area contributed by atoms with Gasteiger partial charge < -0.3 is 10.8 Å². The summed E-state index contributed by atoms with van der Waals surface area (Å²) < 4.78 is 39.8. The Morgan fingerprint density at radius 2 is 1.48 bits per heavy atom. The first kappa shape index (κ1) is 15.5. The molecule has 0 saturated heterocycles. The molecule has 5 heteroatoms. The molecule has 0 aliphatic heterocycles. The van der Waals surface area contributed by atoms with Crippen LogP contribution in [0.3, 0.4) is 0 Å². The lowest BCUT2D eigenvalue weighted by Gasteiger charge is -2.31. The average Bonchev–Trinajstić information content (AvgIpc) is 2.46. The first-order chi connectivity index (χ1) is 9.99. The zero-order valence-corrected chi connectivity index (χ0v) is 11.3. The van der Waals surface area contributed by atoms with E-state index in [0.29, 0.717) is 0 Å². The van der Waals surface area contributed by atoms with E-state index in [0.717, 1.165) is 23.8 Å². The first-order valence-electron chi connectivity index (χ1n) is 6.51. The summed E-state index contributed by atoms with van der Waals surface area (Å²) in [6.07, 6.45) is 0.253. The zero-order chi connectivity index (χ0) is 15.5. The highest BCUT2D eigenvalue weighted by atomic mass is 19.1. The fourth-order valence-corrected chi connectivity index (χ4v) is 2.36. The number of nitrogens with two attached hydrogens (primary N) is 1. The molecular weight excluding hydrogens is 279 g/mol. The summed E-state index contributed by atoms with van der Waals surface area (Å²) in [7, 11) is 0. The van der Waals surface area contributed by atoms with E-state index in [1.165, 1.54) is 12.1 Å². The van der Waals surface area contributed by atoms with Crippen molar-refractivity contribution in [3.05, 3.63) is 71.0 Å². The van der Waals surface area contributed by atoms with Crippen LogP contribution in [0, 0.1) is 17.5 Å². The molecule has 1 atom stereocenters. The fourth-order valence-electron chi connectivity index (χ4n) is 2.36. The molecule has 3 N–H and O–H groups in total. The number of hydrogen-bond acceptors (Lipinski definition) is 2. The minimum Gasteiger partial charge on any atom is -0.395 e. The maximum absolute atomic E-state index is 13.4. The topological polar surface area (TPSA) is 46.2 Å². The monoisotopic (exact) mass is 295 g/mol. The molecule has 0 saturated carbocycles. The van der Waals surface area contributed by atoms with Crippen molar-refractivity contribution in [1.82, 2.24) is 0 Å². The molecule has 0 aromatic heterocycles. The predicted octanol–water partition coefficient (Wildman–Crippen LogP) is 2.54. The highest BCUT2D eigenvalue weighted by Crippen LogP contribution is 2.29. The van der Waals surface area contributed by atoms with E-state index in [4.69, 9.17) is 5.73 Å². The minimum absolute atomic E-state index is 0.00374. The SMILES string of the molecule is NCC(CO)(Cc1ccc(F)cc1)c1cc(F)cc(F)c1. The highest BCUT2D eigenvalue weighted by Gasteiger charge is 2.31. The van der Waals surface area contributed by atoms with E-state index >= 15 is 0 Å². The van der Waals surface area contributed by atoms with Crippen LogP contribution in [0.5, 0.6) is 0 Å². The molecule has 0 bridgehead atoms. The van der Waals surface area contributed by atoms with Crippen molar-refractivity contribution >= 4 is 0 Å². The van der Waals surface area contributed by atoms with Crippen LogP contribution in [0.4, 0.5) is 13.2 Å². The molecular formula is C16H16F3NO. The van der Waals surface area contributed by atoms with Gasteiger partial charge in [-0.25, -0.2) is 13.2 Å². The molecule has 0 fully saturated rings. The molecule has 0 aliphatic rings. The minimum atomic E-state index is -1.01. The van der Waals surface area contributed by atoms with Crippen molar-refractivity contribution in [2.24, 2.45) is 5.73 Å². The van der Waals surface area contributed by atoms with Crippen molar-refractivity contribution in [2.45, 2.75) is 11.8 Å². The molecule has 2 aromatic carbocycles. The van der Waals surface area contributed by atoms with E-state index in [2.05, 4.69) is 0 Å².